The third-order valence-corrected chi connectivity index (χ3v) is 7.00. The summed E-state index contributed by atoms with van der Waals surface area (Å²) in [6, 6.07) is 8.85. The number of rotatable bonds is 10. The molecule has 8 nitrogen and oxygen atoms in total. The zero-order valence-corrected chi connectivity index (χ0v) is 28.5. The van der Waals surface area contributed by atoms with Crippen molar-refractivity contribution in [2.75, 3.05) is 0 Å². The Morgan fingerprint density at radius 1 is 0.773 bits per heavy atom. The predicted octanol–water partition coefficient (Wildman–Crippen LogP) is 5.22. The van der Waals surface area contributed by atoms with Gasteiger partial charge in [0.05, 0.1) is 12.1 Å². The summed E-state index contributed by atoms with van der Waals surface area (Å²) in [7, 11) is 0. The molecule has 1 radical (unpaired) electrons. The first-order chi connectivity index (χ1) is 20.2. The van der Waals surface area contributed by atoms with E-state index in [2.05, 4.69) is 65.8 Å². The third-order valence-electron chi connectivity index (χ3n) is 7.00. The van der Waals surface area contributed by atoms with Gasteiger partial charge < -0.3 is 30.0 Å². The molecule has 0 aromatic heterocycles. The van der Waals surface area contributed by atoms with E-state index in [1.807, 2.05) is 12.4 Å². The Hall–Kier alpha value is -3.17. The van der Waals surface area contributed by atoms with Gasteiger partial charge in [0.15, 0.2) is 0 Å². The van der Waals surface area contributed by atoms with Gasteiger partial charge in [0.2, 0.25) is 0 Å². The van der Waals surface area contributed by atoms with Crippen molar-refractivity contribution in [2.45, 2.75) is 124 Å². The van der Waals surface area contributed by atoms with Crippen LogP contribution in [-0.4, -0.2) is 46.7 Å². The summed E-state index contributed by atoms with van der Waals surface area (Å²) in [5, 5.41) is 39.4. The second-order valence-corrected chi connectivity index (χ2v) is 11.7. The van der Waals surface area contributed by atoms with Crippen LogP contribution < -0.4 is 10.2 Å². The quantitative estimate of drug-likeness (QED) is 0.337. The third kappa shape index (κ3) is 14.5. The second-order valence-electron chi connectivity index (χ2n) is 11.7. The molecular formula is C35H50CoN2O6. The van der Waals surface area contributed by atoms with Gasteiger partial charge in [-0.05, 0) is 92.2 Å². The maximum absolute atomic E-state index is 10.8. The van der Waals surface area contributed by atoms with Crippen LogP contribution in [0.1, 0.15) is 133 Å². The summed E-state index contributed by atoms with van der Waals surface area (Å²) in [6.45, 7) is 14.8. The van der Waals surface area contributed by atoms with Crippen LogP contribution in [0, 0.1) is 0 Å². The molecule has 0 amide bonds. The standard InChI is InChI=1S/C31H44N2O2.2C2H4O2.Co/c1-7-9-22-13-24(30(34)28(15-22)20(3)4)18-32-26-11-12-27(17-26)33-19-25-14-23(10-8-2)16-29(21(5)6)31(25)35;2*1-2(3)4;/h13-16,18-21,26-27,34-35H,7-12,17H2,1-6H3;2*1H3,(H,3,4);/q;;;+2/p-2. The number of aliphatic carboxylic acids is 2. The zero-order chi connectivity index (χ0) is 32.7. The summed E-state index contributed by atoms with van der Waals surface area (Å²) < 4.78 is 0. The van der Waals surface area contributed by atoms with Crippen molar-refractivity contribution in [3.8, 4) is 11.5 Å². The maximum Gasteiger partial charge on any atom is 2.00 e. The minimum absolute atomic E-state index is 0. The topological polar surface area (TPSA) is 145 Å². The fourth-order valence-corrected chi connectivity index (χ4v) is 5.01. The average Bonchev–Trinajstić information content (AvgIpc) is 3.36. The Morgan fingerprint density at radius 2 is 1.09 bits per heavy atom. The monoisotopic (exact) mass is 653 g/mol. The van der Waals surface area contributed by atoms with Gasteiger partial charge in [0.1, 0.15) is 11.5 Å². The van der Waals surface area contributed by atoms with Crippen LogP contribution in [0.4, 0.5) is 0 Å². The van der Waals surface area contributed by atoms with Crippen molar-refractivity contribution >= 4 is 24.4 Å². The minimum Gasteiger partial charge on any atom is -0.550 e. The van der Waals surface area contributed by atoms with Gasteiger partial charge in [-0.1, -0.05) is 66.5 Å². The summed E-state index contributed by atoms with van der Waals surface area (Å²) in [5.41, 5.74) is 6.16. The Bertz CT molecular complexity index is 1150. The van der Waals surface area contributed by atoms with Gasteiger partial charge in [0, 0.05) is 35.5 Å². The van der Waals surface area contributed by atoms with Gasteiger partial charge >= 0.3 is 16.8 Å². The molecule has 1 aliphatic rings. The molecule has 0 bridgehead atoms. The Labute approximate surface area is 273 Å². The molecule has 2 atom stereocenters. The first-order valence-corrected chi connectivity index (χ1v) is 15.3. The van der Waals surface area contributed by atoms with E-state index in [4.69, 9.17) is 29.8 Å². The van der Waals surface area contributed by atoms with E-state index in [1.54, 1.807) is 0 Å². The van der Waals surface area contributed by atoms with Crippen molar-refractivity contribution in [1.29, 1.82) is 0 Å². The predicted molar refractivity (Wildman–Crippen MR) is 170 cm³/mol. The number of aryl methyl sites for hydroxylation is 2. The fourth-order valence-electron chi connectivity index (χ4n) is 5.01. The Kier molecular flexibility index (Phi) is 19.2. The molecule has 0 aliphatic heterocycles. The van der Waals surface area contributed by atoms with Crippen LogP contribution in [0.15, 0.2) is 34.3 Å². The summed E-state index contributed by atoms with van der Waals surface area (Å²) in [6.07, 6.45) is 10.8. The van der Waals surface area contributed by atoms with E-state index in [1.165, 1.54) is 11.1 Å². The minimum atomic E-state index is -1.08. The number of hydrogen-bond acceptors (Lipinski definition) is 8. The first-order valence-electron chi connectivity index (χ1n) is 15.3. The smallest absolute Gasteiger partial charge is 0.550 e. The van der Waals surface area contributed by atoms with Crippen molar-refractivity contribution in [3.05, 3.63) is 57.6 Å². The number of carbonyl (C=O) groups excluding carboxylic acids is 2. The van der Waals surface area contributed by atoms with Crippen LogP contribution in [0.5, 0.6) is 11.5 Å². The molecule has 2 unspecified atom stereocenters. The van der Waals surface area contributed by atoms with Gasteiger partial charge in [0.25, 0.3) is 0 Å². The number of aromatic hydroxyl groups is 2. The molecule has 2 N–H and O–H groups in total. The molecule has 1 saturated carbocycles. The van der Waals surface area contributed by atoms with Crippen molar-refractivity contribution in [1.82, 2.24) is 0 Å². The molecule has 245 valence electrons. The number of hydrogen-bond donors (Lipinski definition) is 2. The van der Waals surface area contributed by atoms with Gasteiger partial charge in [-0.25, -0.2) is 0 Å². The van der Waals surface area contributed by atoms with E-state index in [-0.39, 0.29) is 40.7 Å². The number of phenols is 2. The van der Waals surface area contributed by atoms with Crippen LogP contribution >= 0.6 is 0 Å². The Morgan fingerprint density at radius 3 is 1.36 bits per heavy atom. The molecule has 2 aromatic carbocycles. The molecule has 1 fully saturated rings. The molecule has 44 heavy (non-hydrogen) atoms. The van der Waals surface area contributed by atoms with E-state index < -0.39 is 11.9 Å². The van der Waals surface area contributed by atoms with E-state index in [0.29, 0.717) is 11.5 Å². The number of carboxylic acid groups (broad SMARTS) is 2. The van der Waals surface area contributed by atoms with E-state index in [9.17, 15) is 10.2 Å². The van der Waals surface area contributed by atoms with Crippen molar-refractivity contribution in [2.24, 2.45) is 9.98 Å². The van der Waals surface area contributed by atoms with Crippen molar-refractivity contribution < 1.29 is 46.8 Å². The molecule has 0 heterocycles. The SMILES string of the molecule is CC(=O)[O-].CC(=O)[O-].CCCc1cc(C=NC2CCC(N=Cc3cc(CCC)cc(C(C)C)c3O)C2)c(O)c(C(C)C)c1.[Co+2]. The molecule has 1 aliphatic carbocycles. The number of carboxylic acids is 2. The van der Waals surface area contributed by atoms with Gasteiger partial charge in [-0.15, -0.1) is 0 Å². The van der Waals surface area contributed by atoms with Crippen LogP contribution in [-0.2, 0) is 39.2 Å². The zero-order valence-electron chi connectivity index (χ0n) is 27.5. The number of phenolic OH excluding ortho intramolecular Hbond substituents is 2. The van der Waals surface area contributed by atoms with Gasteiger partial charge in [-0.2, -0.15) is 0 Å². The van der Waals surface area contributed by atoms with Crippen LogP contribution in [0.2, 0.25) is 0 Å². The largest absolute Gasteiger partial charge is 2.00 e. The molecule has 9 heteroatoms. The molecule has 2 aromatic rings. The molecular weight excluding hydrogens is 603 g/mol. The second kappa shape index (κ2) is 20.7. The van der Waals surface area contributed by atoms with Crippen LogP contribution in [0.3, 0.4) is 0 Å². The molecule has 3 rings (SSSR count). The summed E-state index contributed by atoms with van der Waals surface area (Å²) in [4.78, 5) is 27.5. The summed E-state index contributed by atoms with van der Waals surface area (Å²) in [5.74, 6) is -0.903. The number of carbonyl (C=O) groups is 2. The van der Waals surface area contributed by atoms with E-state index in [0.717, 1.165) is 81.0 Å². The van der Waals surface area contributed by atoms with Gasteiger partial charge in [-0.3, -0.25) is 9.98 Å². The normalized spacial score (nSPS) is 16.0. The first kappa shape index (κ1) is 40.8. The average molecular weight is 654 g/mol. The molecule has 0 spiro atoms. The number of aliphatic imine (C=N–C) groups is 2. The van der Waals surface area contributed by atoms with Crippen molar-refractivity contribution in [3.63, 3.8) is 0 Å². The molecule has 0 saturated heterocycles. The van der Waals surface area contributed by atoms with E-state index >= 15 is 0 Å². The summed E-state index contributed by atoms with van der Waals surface area (Å²) >= 11 is 0. The Balaban J connectivity index is 0.00000183. The number of benzene rings is 2. The van der Waals surface area contributed by atoms with Crippen LogP contribution in [0.25, 0.3) is 0 Å². The fraction of sp³-hybridized carbons (Fsp3) is 0.543. The maximum atomic E-state index is 10.8. The number of nitrogens with zero attached hydrogens (tertiary/aromatic N) is 2.